The molecule has 2 rings (SSSR count). The standard InChI is InChI=1S/C19H20BrN3O4/c1-5-11(2)18(24)22-14-9-16(27-4)15(26-3)8-13(14)19(25)23-17-7-6-12(20)10-21-17/h5-10H,1-4H3,(H,22,24)(H,21,23,25)/b11-5+. The van der Waals surface area contributed by atoms with Crippen LogP contribution in [-0.2, 0) is 4.79 Å². The normalized spacial score (nSPS) is 10.9. The van der Waals surface area contributed by atoms with Crippen molar-refractivity contribution < 1.29 is 19.1 Å². The highest BCUT2D eigenvalue weighted by Crippen LogP contribution is 2.34. The molecule has 142 valence electrons. The number of aromatic nitrogens is 1. The van der Waals surface area contributed by atoms with Crippen molar-refractivity contribution in [2.75, 3.05) is 24.9 Å². The number of amides is 2. The Morgan fingerprint density at radius 2 is 1.78 bits per heavy atom. The number of anilines is 2. The third-order valence-electron chi connectivity index (χ3n) is 3.78. The molecule has 1 heterocycles. The van der Waals surface area contributed by atoms with E-state index in [0.29, 0.717) is 28.6 Å². The SMILES string of the molecule is C/C=C(\C)C(=O)Nc1cc(OC)c(OC)cc1C(=O)Nc1ccc(Br)cn1. The Labute approximate surface area is 165 Å². The summed E-state index contributed by atoms with van der Waals surface area (Å²) in [5, 5.41) is 5.43. The van der Waals surface area contributed by atoms with Crippen molar-refractivity contribution in [1.82, 2.24) is 4.98 Å². The number of hydrogen-bond acceptors (Lipinski definition) is 5. The molecule has 0 bridgehead atoms. The molecule has 2 N–H and O–H groups in total. The first-order valence-electron chi connectivity index (χ1n) is 8.02. The molecule has 0 saturated heterocycles. The van der Waals surface area contributed by atoms with E-state index in [-0.39, 0.29) is 11.5 Å². The van der Waals surface area contributed by atoms with Crippen LogP contribution in [0, 0.1) is 0 Å². The van der Waals surface area contributed by atoms with Gasteiger partial charge >= 0.3 is 0 Å². The minimum atomic E-state index is -0.445. The van der Waals surface area contributed by atoms with Crippen molar-refractivity contribution in [2.45, 2.75) is 13.8 Å². The molecule has 0 spiro atoms. The summed E-state index contributed by atoms with van der Waals surface area (Å²) in [4.78, 5) is 29.2. The van der Waals surface area contributed by atoms with Gasteiger partial charge < -0.3 is 20.1 Å². The molecule has 27 heavy (non-hydrogen) atoms. The number of hydrogen-bond donors (Lipinski definition) is 2. The maximum Gasteiger partial charge on any atom is 0.259 e. The largest absolute Gasteiger partial charge is 0.493 e. The Balaban J connectivity index is 2.42. The summed E-state index contributed by atoms with van der Waals surface area (Å²) in [5.41, 5.74) is 1.04. The van der Waals surface area contributed by atoms with E-state index in [4.69, 9.17) is 9.47 Å². The molecule has 0 fully saturated rings. The predicted molar refractivity (Wildman–Crippen MR) is 107 cm³/mol. The van der Waals surface area contributed by atoms with Gasteiger partial charge in [0.2, 0.25) is 0 Å². The molecule has 0 aliphatic rings. The third-order valence-corrected chi connectivity index (χ3v) is 4.25. The summed E-state index contributed by atoms with van der Waals surface area (Å²) < 4.78 is 11.3. The van der Waals surface area contributed by atoms with Crippen LogP contribution in [0.3, 0.4) is 0 Å². The van der Waals surface area contributed by atoms with Crippen LogP contribution in [0.5, 0.6) is 11.5 Å². The zero-order valence-corrected chi connectivity index (χ0v) is 17.0. The van der Waals surface area contributed by atoms with Gasteiger partial charge in [0.15, 0.2) is 11.5 Å². The van der Waals surface area contributed by atoms with Gasteiger partial charge in [0.05, 0.1) is 25.5 Å². The highest BCUT2D eigenvalue weighted by Gasteiger charge is 2.19. The van der Waals surface area contributed by atoms with E-state index >= 15 is 0 Å². The number of pyridine rings is 1. The number of ether oxygens (including phenoxy) is 2. The molecule has 7 nitrogen and oxygen atoms in total. The van der Waals surface area contributed by atoms with Gasteiger partial charge in [-0.25, -0.2) is 4.98 Å². The minimum Gasteiger partial charge on any atom is -0.493 e. The summed E-state index contributed by atoms with van der Waals surface area (Å²) in [6.07, 6.45) is 3.25. The van der Waals surface area contributed by atoms with Crippen molar-refractivity contribution in [2.24, 2.45) is 0 Å². The van der Waals surface area contributed by atoms with Crippen LogP contribution >= 0.6 is 15.9 Å². The topological polar surface area (TPSA) is 89.5 Å². The lowest BCUT2D eigenvalue weighted by molar-refractivity contribution is -0.112. The van der Waals surface area contributed by atoms with E-state index < -0.39 is 5.91 Å². The lowest BCUT2D eigenvalue weighted by atomic mass is 10.1. The van der Waals surface area contributed by atoms with Gasteiger partial charge in [0, 0.05) is 22.3 Å². The van der Waals surface area contributed by atoms with Crippen molar-refractivity contribution in [3.63, 3.8) is 0 Å². The molecular formula is C19H20BrN3O4. The van der Waals surface area contributed by atoms with Crippen LogP contribution in [0.1, 0.15) is 24.2 Å². The summed E-state index contributed by atoms with van der Waals surface area (Å²) in [6.45, 7) is 3.44. The number of benzene rings is 1. The first kappa shape index (κ1) is 20.4. The van der Waals surface area contributed by atoms with Crippen molar-refractivity contribution in [1.29, 1.82) is 0 Å². The zero-order valence-electron chi connectivity index (χ0n) is 15.4. The maximum atomic E-state index is 12.8. The Morgan fingerprint density at radius 3 is 2.33 bits per heavy atom. The van der Waals surface area contributed by atoms with Crippen LogP contribution in [-0.4, -0.2) is 31.0 Å². The molecule has 0 atom stereocenters. The highest BCUT2D eigenvalue weighted by molar-refractivity contribution is 9.10. The summed E-state index contributed by atoms with van der Waals surface area (Å²) in [7, 11) is 2.95. The van der Waals surface area contributed by atoms with Crippen LogP contribution in [0.25, 0.3) is 0 Å². The van der Waals surface area contributed by atoms with Crippen LogP contribution < -0.4 is 20.1 Å². The fourth-order valence-corrected chi connectivity index (χ4v) is 2.39. The van der Waals surface area contributed by atoms with Gasteiger partial charge in [0.25, 0.3) is 11.8 Å². The van der Waals surface area contributed by atoms with Crippen molar-refractivity contribution in [3.8, 4) is 11.5 Å². The van der Waals surface area contributed by atoms with Crippen molar-refractivity contribution in [3.05, 3.63) is 52.1 Å². The van der Waals surface area contributed by atoms with E-state index in [1.807, 2.05) is 0 Å². The lowest BCUT2D eigenvalue weighted by Crippen LogP contribution is -2.19. The van der Waals surface area contributed by atoms with E-state index in [2.05, 4.69) is 31.5 Å². The second-order valence-electron chi connectivity index (χ2n) is 5.49. The quantitative estimate of drug-likeness (QED) is 0.671. The molecule has 1 aromatic carbocycles. The Hall–Kier alpha value is -2.87. The van der Waals surface area contributed by atoms with Gasteiger partial charge in [0.1, 0.15) is 5.82 Å². The van der Waals surface area contributed by atoms with E-state index in [1.54, 1.807) is 44.3 Å². The number of rotatable bonds is 6. The number of carbonyl (C=O) groups is 2. The van der Waals surface area contributed by atoms with Crippen LogP contribution in [0.4, 0.5) is 11.5 Å². The van der Waals surface area contributed by atoms with Gasteiger partial charge in [-0.05, 0) is 48.0 Å². The average molecular weight is 434 g/mol. The molecule has 2 aromatic rings. The van der Waals surface area contributed by atoms with E-state index in [0.717, 1.165) is 4.47 Å². The number of nitrogens with zero attached hydrogens (tertiary/aromatic N) is 1. The molecule has 0 unspecified atom stereocenters. The average Bonchev–Trinajstić information content (AvgIpc) is 2.68. The number of carbonyl (C=O) groups excluding carboxylic acids is 2. The smallest absolute Gasteiger partial charge is 0.259 e. The second kappa shape index (κ2) is 9.18. The molecule has 0 radical (unpaired) electrons. The minimum absolute atomic E-state index is 0.217. The van der Waals surface area contributed by atoms with E-state index in [9.17, 15) is 9.59 Å². The van der Waals surface area contributed by atoms with E-state index in [1.165, 1.54) is 20.3 Å². The fourth-order valence-electron chi connectivity index (χ4n) is 2.16. The Kier molecular flexibility index (Phi) is 6.95. The van der Waals surface area contributed by atoms with Crippen LogP contribution in [0.2, 0.25) is 0 Å². The lowest BCUT2D eigenvalue weighted by Gasteiger charge is -2.15. The van der Waals surface area contributed by atoms with Gasteiger partial charge in [-0.1, -0.05) is 6.08 Å². The van der Waals surface area contributed by atoms with Gasteiger partial charge in [-0.2, -0.15) is 0 Å². The predicted octanol–water partition coefficient (Wildman–Crippen LogP) is 4.02. The molecule has 1 aromatic heterocycles. The second-order valence-corrected chi connectivity index (χ2v) is 6.41. The summed E-state index contributed by atoms with van der Waals surface area (Å²) >= 11 is 3.29. The number of allylic oxidation sites excluding steroid dienone is 1. The first-order chi connectivity index (χ1) is 12.9. The zero-order chi connectivity index (χ0) is 20.0. The molecule has 0 saturated carbocycles. The molecule has 0 aliphatic carbocycles. The van der Waals surface area contributed by atoms with Gasteiger partial charge in [-0.3, -0.25) is 9.59 Å². The number of methoxy groups -OCH3 is 2. The summed E-state index contributed by atoms with van der Waals surface area (Å²) in [5.74, 6) is 0.371. The third kappa shape index (κ3) is 5.07. The monoisotopic (exact) mass is 433 g/mol. The van der Waals surface area contributed by atoms with Crippen LogP contribution in [0.15, 0.2) is 46.6 Å². The Bertz CT molecular complexity index is 879. The Morgan fingerprint density at radius 1 is 1.11 bits per heavy atom. The molecule has 2 amide bonds. The van der Waals surface area contributed by atoms with Crippen molar-refractivity contribution >= 4 is 39.2 Å². The maximum absolute atomic E-state index is 12.8. The first-order valence-corrected chi connectivity index (χ1v) is 8.82. The fraction of sp³-hybridized carbons (Fsp3) is 0.211. The number of halogens is 1. The summed E-state index contributed by atoms with van der Waals surface area (Å²) in [6, 6.07) is 6.47. The highest BCUT2D eigenvalue weighted by atomic mass is 79.9. The molecule has 0 aliphatic heterocycles. The number of nitrogens with one attached hydrogen (secondary N) is 2. The molecule has 8 heteroatoms. The van der Waals surface area contributed by atoms with Gasteiger partial charge in [-0.15, -0.1) is 0 Å². The molecular weight excluding hydrogens is 414 g/mol.